The van der Waals surface area contributed by atoms with Gasteiger partial charge in [0.1, 0.15) is 17.1 Å². The van der Waals surface area contributed by atoms with E-state index in [2.05, 4.69) is 0 Å². The molecule has 1 aromatic heterocycles. The van der Waals surface area contributed by atoms with Gasteiger partial charge < -0.3 is 18.6 Å². The van der Waals surface area contributed by atoms with Crippen LogP contribution in [0, 0.1) is 6.92 Å². The normalized spacial score (nSPS) is 18.2. The first-order valence-electron chi connectivity index (χ1n) is 8.34. The smallest absolute Gasteiger partial charge is 0.330 e. The molecule has 1 unspecified atom stereocenters. The predicted molar refractivity (Wildman–Crippen MR) is 90.8 cm³/mol. The lowest BCUT2D eigenvalue weighted by molar-refractivity contribution is -0.137. The summed E-state index contributed by atoms with van der Waals surface area (Å²) in [4.78, 5) is 11.5. The lowest BCUT2D eigenvalue weighted by atomic mass is 10.1. The van der Waals surface area contributed by atoms with Gasteiger partial charge in [0.15, 0.2) is 6.29 Å². The van der Waals surface area contributed by atoms with Crippen LogP contribution in [0.4, 0.5) is 0 Å². The summed E-state index contributed by atoms with van der Waals surface area (Å²) in [6.45, 7) is 4.81. The van der Waals surface area contributed by atoms with Crippen LogP contribution in [0.15, 0.2) is 28.7 Å². The standard InChI is InChI=1S/C19H22O5/c1-3-21-17(20)11-10-14-13(2)19-15(23-14)7-6-8-16(19)24-18-9-4-5-12-22-18/h6-8,10-11,18H,3-5,9,12H2,1-2H3/b11-10+. The summed E-state index contributed by atoms with van der Waals surface area (Å²) in [6.07, 6.45) is 5.88. The second-order valence-electron chi connectivity index (χ2n) is 5.72. The van der Waals surface area contributed by atoms with Crippen LogP contribution in [-0.2, 0) is 14.3 Å². The van der Waals surface area contributed by atoms with Crippen LogP contribution in [0.2, 0.25) is 0 Å². The van der Waals surface area contributed by atoms with Crippen molar-refractivity contribution in [1.29, 1.82) is 0 Å². The number of carbonyl (C=O) groups is 1. The Morgan fingerprint density at radius 2 is 2.25 bits per heavy atom. The molecule has 0 saturated carbocycles. The van der Waals surface area contributed by atoms with Crippen molar-refractivity contribution in [2.45, 2.75) is 39.4 Å². The largest absolute Gasteiger partial charge is 0.464 e. The molecule has 1 aromatic carbocycles. The molecule has 1 atom stereocenters. The average Bonchev–Trinajstić information content (AvgIpc) is 2.91. The highest BCUT2D eigenvalue weighted by Gasteiger charge is 2.19. The van der Waals surface area contributed by atoms with Gasteiger partial charge in [0, 0.05) is 18.1 Å². The molecule has 3 rings (SSSR count). The Bertz CT molecular complexity index is 738. The molecular formula is C19H22O5. The third-order valence-electron chi connectivity index (χ3n) is 4.01. The second kappa shape index (κ2) is 7.53. The Hall–Kier alpha value is -2.27. The quantitative estimate of drug-likeness (QED) is 0.607. The van der Waals surface area contributed by atoms with E-state index in [-0.39, 0.29) is 12.3 Å². The minimum Gasteiger partial charge on any atom is -0.464 e. The van der Waals surface area contributed by atoms with Crippen LogP contribution < -0.4 is 4.74 Å². The maximum Gasteiger partial charge on any atom is 0.330 e. The third-order valence-corrected chi connectivity index (χ3v) is 4.01. The van der Waals surface area contributed by atoms with E-state index < -0.39 is 0 Å². The van der Waals surface area contributed by atoms with E-state index in [1.54, 1.807) is 13.0 Å². The molecule has 0 radical (unpaired) electrons. The fraction of sp³-hybridized carbons (Fsp3) is 0.421. The minimum absolute atomic E-state index is 0.211. The van der Waals surface area contributed by atoms with Gasteiger partial charge in [-0.25, -0.2) is 4.79 Å². The van der Waals surface area contributed by atoms with Crippen LogP contribution in [0.25, 0.3) is 17.0 Å². The van der Waals surface area contributed by atoms with E-state index in [1.165, 1.54) is 6.08 Å². The van der Waals surface area contributed by atoms with Crippen molar-refractivity contribution in [2.75, 3.05) is 13.2 Å². The summed E-state index contributed by atoms with van der Waals surface area (Å²) in [6, 6.07) is 5.70. The second-order valence-corrected chi connectivity index (χ2v) is 5.72. The Morgan fingerprint density at radius 1 is 1.38 bits per heavy atom. The van der Waals surface area contributed by atoms with Crippen molar-refractivity contribution < 1.29 is 23.4 Å². The van der Waals surface area contributed by atoms with Crippen molar-refractivity contribution in [2.24, 2.45) is 0 Å². The first-order valence-corrected chi connectivity index (χ1v) is 8.34. The zero-order valence-electron chi connectivity index (χ0n) is 14.0. The molecule has 0 N–H and O–H groups in total. The van der Waals surface area contributed by atoms with Crippen LogP contribution in [0.1, 0.15) is 37.5 Å². The van der Waals surface area contributed by atoms with Gasteiger partial charge in [-0.1, -0.05) is 6.07 Å². The Balaban J connectivity index is 1.87. The molecule has 2 aromatic rings. The highest BCUT2D eigenvalue weighted by molar-refractivity contribution is 5.92. The number of aryl methyl sites for hydroxylation is 1. The van der Waals surface area contributed by atoms with Crippen LogP contribution in [0.3, 0.4) is 0 Å². The van der Waals surface area contributed by atoms with Crippen LogP contribution >= 0.6 is 0 Å². The van der Waals surface area contributed by atoms with Gasteiger partial charge in [0.2, 0.25) is 0 Å². The molecule has 128 valence electrons. The lowest BCUT2D eigenvalue weighted by Gasteiger charge is -2.23. The number of esters is 1. The summed E-state index contributed by atoms with van der Waals surface area (Å²) in [5.41, 5.74) is 1.65. The van der Waals surface area contributed by atoms with Gasteiger partial charge in [-0.05, 0) is 44.9 Å². The number of fused-ring (bicyclic) bond motifs is 1. The van der Waals surface area contributed by atoms with Crippen molar-refractivity contribution in [3.8, 4) is 5.75 Å². The molecule has 1 fully saturated rings. The van der Waals surface area contributed by atoms with E-state index in [0.29, 0.717) is 12.4 Å². The van der Waals surface area contributed by atoms with Gasteiger partial charge >= 0.3 is 5.97 Å². The van der Waals surface area contributed by atoms with Crippen molar-refractivity contribution in [3.63, 3.8) is 0 Å². The minimum atomic E-state index is -0.385. The van der Waals surface area contributed by atoms with Crippen LogP contribution in [0.5, 0.6) is 5.75 Å². The number of benzene rings is 1. The Labute approximate surface area is 141 Å². The monoisotopic (exact) mass is 330 g/mol. The molecule has 0 amide bonds. The summed E-state index contributed by atoms with van der Waals surface area (Å²) >= 11 is 0. The van der Waals surface area contributed by atoms with Gasteiger partial charge in [0.05, 0.1) is 18.6 Å². The molecule has 2 heterocycles. The van der Waals surface area contributed by atoms with E-state index in [4.69, 9.17) is 18.6 Å². The van der Waals surface area contributed by atoms with Gasteiger partial charge in [0.25, 0.3) is 0 Å². The van der Waals surface area contributed by atoms with Gasteiger partial charge in [-0.2, -0.15) is 0 Å². The maximum atomic E-state index is 11.5. The maximum absolute atomic E-state index is 11.5. The lowest BCUT2D eigenvalue weighted by Crippen LogP contribution is -2.25. The van der Waals surface area contributed by atoms with E-state index >= 15 is 0 Å². The summed E-state index contributed by atoms with van der Waals surface area (Å²) in [5, 5.41) is 0.912. The van der Waals surface area contributed by atoms with Gasteiger partial charge in [-0.15, -0.1) is 0 Å². The zero-order chi connectivity index (χ0) is 16.9. The number of hydrogen-bond acceptors (Lipinski definition) is 5. The molecule has 1 aliphatic heterocycles. The highest BCUT2D eigenvalue weighted by atomic mass is 16.7. The summed E-state index contributed by atoms with van der Waals surface area (Å²) in [7, 11) is 0. The molecular weight excluding hydrogens is 308 g/mol. The van der Waals surface area contributed by atoms with E-state index in [0.717, 1.165) is 48.2 Å². The highest BCUT2D eigenvalue weighted by Crippen LogP contribution is 2.35. The molecule has 1 saturated heterocycles. The topological polar surface area (TPSA) is 57.9 Å². The van der Waals surface area contributed by atoms with Crippen molar-refractivity contribution >= 4 is 23.0 Å². The van der Waals surface area contributed by atoms with Crippen molar-refractivity contribution in [3.05, 3.63) is 35.6 Å². The molecule has 5 heteroatoms. The van der Waals surface area contributed by atoms with E-state index in [9.17, 15) is 4.79 Å². The number of ether oxygens (including phenoxy) is 3. The zero-order valence-corrected chi connectivity index (χ0v) is 14.0. The van der Waals surface area contributed by atoms with Gasteiger partial charge in [-0.3, -0.25) is 0 Å². The number of furan rings is 1. The molecule has 24 heavy (non-hydrogen) atoms. The summed E-state index contributed by atoms with van der Waals surface area (Å²) in [5.74, 6) is 0.986. The number of hydrogen-bond donors (Lipinski definition) is 0. The fourth-order valence-electron chi connectivity index (χ4n) is 2.82. The SMILES string of the molecule is CCOC(=O)/C=C/c1oc2cccc(OC3CCCCO3)c2c1C. The average molecular weight is 330 g/mol. The first kappa shape index (κ1) is 16.6. The summed E-state index contributed by atoms with van der Waals surface area (Å²) < 4.78 is 22.4. The molecule has 1 aliphatic rings. The molecule has 5 nitrogen and oxygen atoms in total. The molecule has 0 bridgehead atoms. The molecule has 0 spiro atoms. The van der Waals surface area contributed by atoms with E-state index in [1.807, 2.05) is 25.1 Å². The number of rotatable bonds is 5. The third kappa shape index (κ3) is 3.62. The fourth-order valence-corrected chi connectivity index (χ4v) is 2.82. The predicted octanol–water partition coefficient (Wildman–Crippen LogP) is 4.22. The van der Waals surface area contributed by atoms with Crippen molar-refractivity contribution in [1.82, 2.24) is 0 Å². The number of carbonyl (C=O) groups excluding carboxylic acids is 1. The van der Waals surface area contributed by atoms with Crippen LogP contribution in [-0.4, -0.2) is 25.5 Å². The Kier molecular flexibility index (Phi) is 5.20. The molecule has 0 aliphatic carbocycles. The first-order chi connectivity index (χ1) is 11.7. The Morgan fingerprint density at radius 3 is 3.00 bits per heavy atom.